The van der Waals surface area contributed by atoms with Crippen molar-refractivity contribution in [3.63, 3.8) is 0 Å². The van der Waals surface area contributed by atoms with Gasteiger partial charge < -0.3 is 0 Å². The molecular formula is C10H9Br2NO2. The first kappa shape index (κ1) is 12.4. The van der Waals surface area contributed by atoms with E-state index in [1.54, 1.807) is 12.1 Å². The Morgan fingerprint density at radius 2 is 2.00 bits per heavy atom. The van der Waals surface area contributed by atoms with E-state index < -0.39 is 4.92 Å². The number of alkyl halides is 2. The molecule has 3 nitrogen and oxygen atoms in total. The molecule has 1 aromatic carbocycles. The molecule has 5 heteroatoms. The molecule has 0 fully saturated rings. The molecule has 0 heterocycles. The number of nitrogens with zero attached hydrogens (tertiary/aromatic N) is 1. The zero-order chi connectivity index (χ0) is 11.3. The Morgan fingerprint density at radius 3 is 2.47 bits per heavy atom. The minimum absolute atomic E-state index is 0.114. The standard InChI is InChI=1S/C10H9Br2NO2/c11-7-9(12)4-1-8-2-5-10(6-3-8)13(14)15/h1-6,9H,7H2/b4-1+. The van der Waals surface area contributed by atoms with Crippen LogP contribution in [0.4, 0.5) is 5.69 Å². The van der Waals surface area contributed by atoms with Crippen LogP contribution in [0.2, 0.25) is 0 Å². The molecule has 0 aromatic heterocycles. The fourth-order valence-electron chi connectivity index (χ4n) is 0.974. The fraction of sp³-hybridized carbons (Fsp3) is 0.200. The van der Waals surface area contributed by atoms with Gasteiger partial charge in [-0.25, -0.2) is 0 Å². The first-order valence-corrected chi connectivity index (χ1v) is 6.30. The molecule has 0 saturated heterocycles. The van der Waals surface area contributed by atoms with Crippen molar-refractivity contribution in [2.24, 2.45) is 0 Å². The molecule has 0 N–H and O–H groups in total. The van der Waals surface area contributed by atoms with Gasteiger partial charge in [0.15, 0.2) is 0 Å². The third-order valence-electron chi connectivity index (χ3n) is 1.75. The van der Waals surface area contributed by atoms with E-state index in [1.165, 1.54) is 12.1 Å². The maximum absolute atomic E-state index is 10.4. The van der Waals surface area contributed by atoms with Crippen molar-refractivity contribution in [2.75, 3.05) is 5.33 Å². The van der Waals surface area contributed by atoms with Crippen LogP contribution >= 0.6 is 31.9 Å². The molecule has 0 saturated carbocycles. The fourth-order valence-corrected chi connectivity index (χ4v) is 1.34. The number of nitro benzene ring substituents is 1. The molecule has 0 bridgehead atoms. The summed E-state index contributed by atoms with van der Waals surface area (Å²) in [5, 5.41) is 11.2. The van der Waals surface area contributed by atoms with Crippen LogP contribution in [0.1, 0.15) is 5.56 Å². The van der Waals surface area contributed by atoms with Gasteiger partial charge in [-0.15, -0.1) is 0 Å². The number of halogens is 2. The highest BCUT2D eigenvalue weighted by atomic mass is 79.9. The predicted octanol–water partition coefficient (Wildman–Crippen LogP) is 3.77. The largest absolute Gasteiger partial charge is 0.269 e. The van der Waals surface area contributed by atoms with E-state index in [2.05, 4.69) is 31.9 Å². The molecule has 0 aliphatic carbocycles. The molecule has 0 aliphatic heterocycles. The molecule has 1 rings (SSSR count). The molecule has 0 aliphatic rings. The van der Waals surface area contributed by atoms with Crippen LogP contribution in [-0.4, -0.2) is 15.1 Å². The van der Waals surface area contributed by atoms with Crippen LogP contribution in [0, 0.1) is 10.1 Å². The summed E-state index contributed by atoms with van der Waals surface area (Å²) in [4.78, 5) is 10.3. The normalized spacial score (nSPS) is 12.9. The molecule has 1 aromatic rings. The molecular weight excluding hydrogens is 326 g/mol. The van der Waals surface area contributed by atoms with Crippen LogP contribution in [0.5, 0.6) is 0 Å². The Bertz CT molecular complexity index is 362. The summed E-state index contributed by atoms with van der Waals surface area (Å²) < 4.78 is 0. The summed E-state index contributed by atoms with van der Waals surface area (Å²) in [6.07, 6.45) is 3.90. The second kappa shape index (κ2) is 6.02. The van der Waals surface area contributed by atoms with Crippen LogP contribution in [0.25, 0.3) is 6.08 Å². The van der Waals surface area contributed by atoms with Gasteiger partial charge in [0.1, 0.15) is 0 Å². The van der Waals surface area contributed by atoms with Crippen LogP contribution in [0.15, 0.2) is 30.3 Å². The molecule has 0 spiro atoms. The first-order chi connectivity index (χ1) is 7.13. The van der Waals surface area contributed by atoms with E-state index in [-0.39, 0.29) is 10.5 Å². The molecule has 1 unspecified atom stereocenters. The lowest BCUT2D eigenvalue weighted by molar-refractivity contribution is -0.384. The Morgan fingerprint density at radius 1 is 1.40 bits per heavy atom. The summed E-state index contributed by atoms with van der Waals surface area (Å²) in [7, 11) is 0. The lowest BCUT2D eigenvalue weighted by Crippen LogP contribution is -1.91. The highest BCUT2D eigenvalue weighted by molar-refractivity contribution is 9.12. The van der Waals surface area contributed by atoms with E-state index in [1.807, 2.05) is 12.2 Å². The number of non-ortho nitro benzene ring substituents is 1. The topological polar surface area (TPSA) is 43.1 Å². The number of allylic oxidation sites excluding steroid dienone is 1. The lowest BCUT2D eigenvalue weighted by Gasteiger charge is -1.97. The predicted molar refractivity (Wildman–Crippen MR) is 68.6 cm³/mol. The minimum atomic E-state index is -0.404. The van der Waals surface area contributed by atoms with Crippen LogP contribution in [-0.2, 0) is 0 Å². The van der Waals surface area contributed by atoms with Gasteiger partial charge in [-0.05, 0) is 17.7 Å². The number of rotatable bonds is 4. The van der Waals surface area contributed by atoms with E-state index in [0.29, 0.717) is 0 Å². The van der Waals surface area contributed by atoms with Crippen molar-refractivity contribution >= 4 is 43.6 Å². The van der Waals surface area contributed by atoms with E-state index in [9.17, 15) is 10.1 Å². The average Bonchev–Trinajstić information content (AvgIpc) is 2.26. The summed E-state index contributed by atoms with van der Waals surface area (Å²) in [5.41, 5.74) is 1.06. The summed E-state index contributed by atoms with van der Waals surface area (Å²) in [5.74, 6) is 0. The quantitative estimate of drug-likeness (QED) is 0.478. The van der Waals surface area contributed by atoms with Gasteiger partial charge in [-0.2, -0.15) is 0 Å². The highest BCUT2D eigenvalue weighted by Crippen LogP contribution is 2.14. The highest BCUT2D eigenvalue weighted by Gasteiger charge is 2.02. The SMILES string of the molecule is O=[N+]([O-])c1ccc(/C=C/C(Br)CBr)cc1. The number of nitro groups is 1. The van der Waals surface area contributed by atoms with Crippen molar-refractivity contribution in [1.82, 2.24) is 0 Å². The van der Waals surface area contributed by atoms with Gasteiger partial charge in [0.05, 0.1) is 4.92 Å². The van der Waals surface area contributed by atoms with E-state index in [0.717, 1.165) is 10.9 Å². The number of hydrogen-bond acceptors (Lipinski definition) is 2. The average molecular weight is 335 g/mol. The second-order valence-electron chi connectivity index (χ2n) is 2.88. The minimum Gasteiger partial charge on any atom is -0.258 e. The molecule has 15 heavy (non-hydrogen) atoms. The molecule has 1 atom stereocenters. The summed E-state index contributed by atoms with van der Waals surface area (Å²) >= 11 is 6.76. The smallest absolute Gasteiger partial charge is 0.258 e. The third kappa shape index (κ3) is 4.13. The van der Waals surface area contributed by atoms with Crippen LogP contribution < -0.4 is 0 Å². The van der Waals surface area contributed by atoms with Gasteiger partial charge in [-0.1, -0.05) is 44.0 Å². The number of benzene rings is 1. The Balaban J connectivity index is 2.72. The Kier molecular flexibility index (Phi) is 4.98. The van der Waals surface area contributed by atoms with E-state index in [4.69, 9.17) is 0 Å². The van der Waals surface area contributed by atoms with Gasteiger partial charge in [-0.3, -0.25) is 10.1 Å². The number of hydrogen-bond donors (Lipinski definition) is 0. The summed E-state index contributed by atoms with van der Waals surface area (Å²) in [6.45, 7) is 0. The second-order valence-corrected chi connectivity index (χ2v) is 4.70. The zero-order valence-electron chi connectivity index (χ0n) is 7.77. The maximum Gasteiger partial charge on any atom is 0.269 e. The summed E-state index contributed by atoms with van der Waals surface area (Å²) in [6, 6.07) is 6.44. The van der Waals surface area contributed by atoms with Gasteiger partial charge in [0, 0.05) is 22.3 Å². The Hall–Kier alpha value is -0.680. The lowest BCUT2D eigenvalue weighted by atomic mass is 10.2. The van der Waals surface area contributed by atoms with Gasteiger partial charge in [0.25, 0.3) is 5.69 Å². The van der Waals surface area contributed by atoms with Crippen molar-refractivity contribution in [3.05, 3.63) is 46.0 Å². The van der Waals surface area contributed by atoms with Gasteiger partial charge >= 0.3 is 0 Å². The molecule has 0 amide bonds. The first-order valence-electron chi connectivity index (χ1n) is 4.26. The van der Waals surface area contributed by atoms with Crippen molar-refractivity contribution < 1.29 is 4.92 Å². The van der Waals surface area contributed by atoms with Crippen molar-refractivity contribution in [3.8, 4) is 0 Å². The van der Waals surface area contributed by atoms with Crippen molar-refractivity contribution in [2.45, 2.75) is 4.83 Å². The van der Waals surface area contributed by atoms with E-state index >= 15 is 0 Å². The Labute approximate surface area is 105 Å². The zero-order valence-corrected chi connectivity index (χ0v) is 10.9. The third-order valence-corrected chi connectivity index (χ3v) is 3.94. The van der Waals surface area contributed by atoms with Gasteiger partial charge in [0.2, 0.25) is 0 Å². The maximum atomic E-state index is 10.4. The van der Waals surface area contributed by atoms with Crippen LogP contribution in [0.3, 0.4) is 0 Å². The van der Waals surface area contributed by atoms with Crippen molar-refractivity contribution in [1.29, 1.82) is 0 Å². The molecule has 80 valence electrons. The molecule has 0 radical (unpaired) electrons. The monoisotopic (exact) mass is 333 g/mol.